The summed E-state index contributed by atoms with van der Waals surface area (Å²) in [5.41, 5.74) is 0. The van der Waals surface area contributed by atoms with Gasteiger partial charge in [-0.1, -0.05) is 0 Å². The number of hydrogen-bond donors (Lipinski definition) is 2. The lowest BCUT2D eigenvalue weighted by Crippen LogP contribution is -2.50. The van der Waals surface area contributed by atoms with Crippen LogP contribution < -0.4 is 5.32 Å². The van der Waals surface area contributed by atoms with Crippen LogP contribution in [-0.2, 0) is 0 Å². The number of hydrogen-bond acceptors (Lipinski definition) is 4. The van der Waals surface area contributed by atoms with Crippen LogP contribution in [0.25, 0.3) is 0 Å². The second-order valence-corrected chi connectivity index (χ2v) is 4.69. The zero-order valence-corrected chi connectivity index (χ0v) is 10.7. The highest BCUT2D eigenvalue weighted by Gasteiger charge is 2.32. The maximum atomic E-state index is 12.2. The lowest BCUT2D eigenvalue weighted by Gasteiger charge is -2.35. The number of piperazine rings is 1. The molecule has 1 heterocycles. The number of aliphatic hydroxyl groups excluding tert-OH is 1. The standard InChI is InChI=1S/C11H22F3N3O/c1-15-10(8-18)2-3-16-4-6-17(7-5-16)9-11(12,13)14/h10,15,18H,2-9H2,1H3. The lowest BCUT2D eigenvalue weighted by molar-refractivity contribution is -0.149. The molecular formula is C11H22F3N3O. The first kappa shape index (κ1) is 15.7. The number of halogens is 3. The number of nitrogens with zero attached hydrogens (tertiary/aromatic N) is 2. The van der Waals surface area contributed by atoms with E-state index in [1.165, 1.54) is 4.90 Å². The summed E-state index contributed by atoms with van der Waals surface area (Å²) in [7, 11) is 1.79. The largest absolute Gasteiger partial charge is 0.401 e. The molecule has 1 saturated heterocycles. The van der Waals surface area contributed by atoms with Gasteiger partial charge in [0, 0.05) is 32.2 Å². The van der Waals surface area contributed by atoms with E-state index >= 15 is 0 Å². The van der Waals surface area contributed by atoms with Crippen LogP contribution in [0.15, 0.2) is 0 Å². The molecule has 0 bridgehead atoms. The fourth-order valence-electron chi connectivity index (χ4n) is 2.09. The Hall–Kier alpha value is -0.370. The van der Waals surface area contributed by atoms with Gasteiger partial charge >= 0.3 is 6.18 Å². The van der Waals surface area contributed by atoms with Crippen molar-refractivity contribution < 1.29 is 18.3 Å². The molecular weight excluding hydrogens is 247 g/mol. The first-order valence-electron chi connectivity index (χ1n) is 6.24. The van der Waals surface area contributed by atoms with Crippen LogP contribution in [0, 0.1) is 0 Å². The van der Waals surface area contributed by atoms with Crippen LogP contribution >= 0.6 is 0 Å². The molecule has 0 amide bonds. The van der Waals surface area contributed by atoms with Crippen LogP contribution in [0.2, 0.25) is 0 Å². The Balaban J connectivity index is 2.19. The SMILES string of the molecule is CNC(CO)CCN1CCN(CC(F)(F)F)CC1. The highest BCUT2D eigenvalue weighted by atomic mass is 19.4. The zero-order valence-electron chi connectivity index (χ0n) is 10.7. The van der Waals surface area contributed by atoms with Crippen molar-refractivity contribution in [3.8, 4) is 0 Å². The van der Waals surface area contributed by atoms with Crippen LogP contribution in [0.1, 0.15) is 6.42 Å². The molecule has 2 N–H and O–H groups in total. The second-order valence-electron chi connectivity index (χ2n) is 4.69. The van der Waals surface area contributed by atoms with Crippen molar-refractivity contribution in [2.24, 2.45) is 0 Å². The summed E-state index contributed by atoms with van der Waals surface area (Å²) in [4.78, 5) is 3.59. The lowest BCUT2D eigenvalue weighted by atomic mass is 10.2. The third-order valence-electron chi connectivity index (χ3n) is 3.29. The molecule has 0 spiro atoms. The number of rotatable bonds is 6. The molecule has 1 fully saturated rings. The molecule has 1 aliphatic rings. The highest BCUT2D eigenvalue weighted by molar-refractivity contribution is 4.75. The monoisotopic (exact) mass is 269 g/mol. The van der Waals surface area contributed by atoms with Crippen molar-refractivity contribution in [1.29, 1.82) is 0 Å². The smallest absolute Gasteiger partial charge is 0.395 e. The number of alkyl halides is 3. The van der Waals surface area contributed by atoms with Crippen molar-refractivity contribution in [2.75, 3.05) is 52.9 Å². The average Bonchev–Trinajstić information content (AvgIpc) is 2.30. The fraction of sp³-hybridized carbons (Fsp3) is 1.00. The van der Waals surface area contributed by atoms with Crippen molar-refractivity contribution >= 4 is 0 Å². The summed E-state index contributed by atoms with van der Waals surface area (Å²) in [5.74, 6) is 0. The molecule has 1 aliphatic heterocycles. The van der Waals surface area contributed by atoms with Gasteiger partial charge in [-0.25, -0.2) is 0 Å². The van der Waals surface area contributed by atoms with E-state index in [1.807, 2.05) is 0 Å². The molecule has 0 aromatic rings. The van der Waals surface area contributed by atoms with E-state index in [4.69, 9.17) is 5.11 Å². The van der Waals surface area contributed by atoms with Crippen molar-refractivity contribution in [3.05, 3.63) is 0 Å². The van der Waals surface area contributed by atoms with E-state index in [0.717, 1.165) is 13.0 Å². The average molecular weight is 269 g/mol. The molecule has 0 saturated carbocycles. The molecule has 1 unspecified atom stereocenters. The van der Waals surface area contributed by atoms with Gasteiger partial charge < -0.3 is 15.3 Å². The maximum Gasteiger partial charge on any atom is 0.401 e. The summed E-state index contributed by atoms with van der Waals surface area (Å²) < 4.78 is 36.6. The van der Waals surface area contributed by atoms with Gasteiger partial charge in [-0.3, -0.25) is 4.90 Å². The van der Waals surface area contributed by atoms with Gasteiger partial charge in [0.1, 0.15) is 0 Å². The maximum absolute atomic E-state index is 12.2. The highest BCUT2D eigenvalue weighted by Crippen LogP contribution is 2.17. The fourth-order valence-corrected chi connectivity index (χ4v) is 2.09. The second kappa shape index (κ2) is 7.28. The van der Waals surface area contributed by atoms with E-state index < -0.39 is 12.7 Å². The number of nitrogens with one attached hydrogen (secondary N) is 1. The predicted molar refractivity (Wildman–Crippen MR) is 63.5 cm³/mol. The Morgan fingerprint density at radius 2 is 1.72 bits per heavy atom. The van der Waals surface area contributed by atoms with E-state index in [2.05, 4.69) is 10.2 Å². The van der Waals surface area contributed by atoms with Gasteiger partial charge in [0.25, 0.3) is 0 Å². The van der Waals surface area contributed by atoms with E-state index in [0.29, 0.717) is 26.2 Å². The van der Waals surface area contributed by atoms with Gasteiger partial charge in [-0.15, -0.1) is 0 Å². The Morgan fingerprint density at radius 3 is 2.17 bits per heavy atom. The van der Waals surface area contributed by atoms with Crippen molar-refractivity contribution in [2.45, 2.75) is 18.6 Å². The van der Waals surface area contributed by atoms with Gasteiger partial charge in [-0.2, -0.15) is 13.2 Å². The summed E-state index contributed by atoms with van der Waals surface area (Å²) >= 11 is 0. The molecule has 1 rings (SSSR count). The van der Waals surface area contributed by atoms with Gasteiger partial charge in [0.2, 0.25) is 0 Å². The topological polar surface area (TPSA) is 38.7 Å². The van der Waals surface area contributed by atoms with E-state index in [9.17, 15) is 13.2 Å². The Kier molecular flexibility index (Phi) is 6.34. The van der Waals surface area contributed by atoms with E-state index in [-0.39, 0.29) is 12.6 Å². The summed E-state index contributed by atoms with van der Waals surface area (Å²) in [5, 5.41) is 12.0. The first-order valence-corrected chi connectivity index (χ1v) is 6.24. The Labute approximate surface area is 106 Å². The number of likely N-dealkylation sites (N-methyl/N-ethyl adjacent to an activating group) is 1. The third kappa shape index (κ3) is 5.99. The summed E-state index contributed by atoms with van der Waals surface area (Å²) in [6, 6.07) is 0.0678. The minimum atomic E-state index is -4.10. The Morgan fingerprint density at radius 1 is 1.17 bits per heavy atom. The molecule has 108 valence electrons. The molecule has 18 heavy (non-hydrogen) atoms. The van der Waals surface area contributed by atoms with Crippen LogP contribution in [0.3, 0.4) is 0 Å². The third-order valence-corrected chi connectivity index (χ3v) is 3.29. The quantitative estimate of drug-likeness (QED) is 0.719. The molecule has 4 nitrogen and oxygen atoms in total. The van der Waals surface area contributed by atoms with Gasteiger partial charge in [0.05, 0.1) is 13.2 Å². The molecule has 0 aliphatic carbocycles. The minimum absolute atomic E-state index is 0.0678. The minimum Gasteiger partial charge on any atom is -0.395 e. The first-order chi connectivity index (χ1) is 8.44. The summed E-state index contributed by atoms with van der Waals surface area (Å²) in [6.07, 6.45) is -3.29. The van der Waals surface area contributed by atoms with Crippen LogP contribution in [0.4, 0.5) is 13.2 Å². The van der Waals surface area contributed by atoms with Gasteiger partial charge in [-0.05, 0) is 20.0 Å². The van der Waals surface area contributed by atoms with Crippen molar-refractivity contribution in [3.63, 3.8) is 0 Å². The summed E-state index contributed by atoms with van der Waals surface area (Å²) in [6.45, 7) is 2.34. The molecule has 0 radical (unpaired) electrons. The van der Waals surface area contributed by atoms with Crippen LogP contribution in [-0.4, -0.2) is 80.0 Å². The molecule has 0 aromatic heterocycles. The molecule has 7 heteroatoms. The van der Waals surface area contributed by atoms with Crippen LogP contribution in [0.5, 0.6) is 0 Å². The molecule has 1 atom stereocenters. The van der Waals surface area contributed by atoms with E-state index in [1.54, 1.807) is 7.05 Å². The normalized spacial score (nSPS) is 21.2. The van der Waals surface area contributed by atoms with Gasteiger partial charge in [0.15, 0.2) is 0 Å². The Bertz CT molecular complexity index is 226. The predicted octanol–water partition coefficient (Wildman–Crippen LogP) is 0.137. The molecule has 0 aromatic carbocycles. The number of aliphatic hydroxyl groups is 1. The van der Waals surface area contributed by atoms with Crippen molar-refractivity contribution in [1.82, 2.24) is 15.1 Å². The zero-order chi connectivity index (χ0) is 13.6.